The van der Waals surface area contributed by atoms with E-state index in [0.717, 1.165) is 24.4 Å². The lowest BCUT2D eigenvalue weighted by molar-refractivity contribution is 0.659. The van der Waals surface area contributed by atoms with Crippen LogP contribution < -0.4 is 5.73 Å². The van der Waals surface area contributed by atoms with Crippen LogP contribution in [-0.4, -0.2) is 9.55 Å². The highest BCUT2D eigenvalue weighted by Gasteiger charge is 2.04. The van der Waals surface area contributed by atoms with Crippen LogP contribution in [0.4, 0.5) is 5.69 Å². The minimum atomic E-state index is 0.827. The fraction of sp³-hybridized carbons (Fsp3) is 0.357. The molecule has 2 rings (SSSR count). The number of hydrogen-bond donors (Lipinski definition) is 1. The Balaban J connectivity index is 2.04. The van der Waals surface area contributed by atoms with Gasteiger partial charge in [-0.2, -0.15) is 0 Å². The molecule has 0 saturated carbocycles. The van der Waals surface area contributed by atoms with Crippen molar-refractivity contribution in [2.24, 2.45) is 0 Å². The van der Waals surface area contributed by atoms with Crippen molar-refractivity contribution in [3.8, 4) is 0 Å². The lowest BCUT2D eigenvalue weighted by atomic mass is 10.2. The summed E-state index contributed by atoms with van der Waals surface area (Å²) in [6, 6.07) is 6.07. The van der Waals surface area contributed by atoms with Crippen molar-refractivity contribution in [1.29, 1.82) is 0 Å². The van der Waals surface area contributed by atoms with Gasteiger partial charge in [0.2, 0.25) is 0 Å². The average molecular weight is 261 g/mol. The Morgan fingerprint density at radius 1 is 1.39 bits per heavy atom. The molecule has 0 saturated heterocycles. The van der Waals surface area contributed by atoms with Gasteiger partial charge in [-0.25, -0.2) is 4.98 Å². The summed E-state index contributed by atoms with van der Waals surface area (Å²) in [7, 11) is 0. The smallest absolute Gasteiger partial charge is 0.0948 e. The van der Waals surface area contributed by atoms with Crippen molar-refractivity contribution in [2.75, 3.05) is 5.73 Å². The predicted octanol–water partition coefficient (Wildman–Crippen LogP) is 3.48. The van der Waals surface area contributed by atoms with E-state index in [-0.39, 0.29) is 0 Å². The molecule has 4 heteroatoms. The van der Waals surface area contributed by atoms with Gasteiger partial charge < -0.3 is 10.3 Å². The molecule has 1 aromatic carbocycles. The predicted molar refractivity (Wildman–Crippen MR) is 77.7 cm³/mol. The molecule has 1 heterocycles. The molecular weight excluding hydrogens is 242 g/mol. The van der Waals surface area contributed by atoms with Crippen molar-refractivity contribution in [3.05, 3.63) is 42.0 Å². The summed E-state index contributed by atoms with van der Waals surface area (Å²) in [4.78, 5) is 5.50. The summed E-state index contributed by atoms with van der Waals surface area (Å²) in [6.45, 7) is 5.32. The van der Waals surface area contributed by atoms with Crippen LogP contribution in [0.3, 0.4) is 0 Å². The van der Waals surface area contributed by atoms with E-state index < -0.39 is 0 Å². The van der Waals surface area contributed by atoms with Crippen LogP contribution in [0.2, 0.25) is 0 Å². The molecule has 96 valence electrons. The molecule has 0 aliphatic heterocycles. The molecule has 0 bridgehead atoms. The first-order valence-electron chi connectivity index (χ1n) is 6.18. The number of nitrogen functional groups attached to an aromatic ring is 1. The van der Waals surface area contributed by atoms with Gasteiger partial charge in [0.05, 0.1) is 6.33 Å². The van der Waals surface area contributed by atoms with Crippen LogP contribution in [0.15, 0.2) is 35.6 Å². The fourth-order valence-corrected chi connectivity index (χ4v) is 2.89. The first-order chi connectivity index (χ1) is 8.70. The minimum Gasteiger partial charge on any atom is -0.399 e. The molecule has 0 aliphatic carbocycles. The van der Waals surface area contributed by atoms with Crippen molar-refractivity contribution < 1.29 is 0 Å². The Hall–Kier alpha value is -1.42. The molecule has 0 radical (unpaired) electrons. The van der Waals surface area contributed by atoms with Crippen molar-refractivity contribution >= 4 is 17.4 Å². The summed E-state index contributed by atoms with van der Waals surface area (Å²) >= 11 is 1.84. The third-order valence-electron chi connectivity index (χ3n) is 2.84. The van der Waals surface area contributed by atoms with Crippen LogP contribution in [0.5, 0.6) is 0 Å². The summed E-state index contributed by atoms with van der Waals surface area (Å²) in [6.07, 6.45) is 5.00. The van der Waals surface area contributed by atoms with E-state index >= 15 is 0 Å². The SMILES string of the molecule is CCCn1cncc1CSc1ccc(N)cc1C. The zero-order valence-corrected chi connectivity index (χ0v) is 11.7. The molecule has 1 aromatic heterocycles. The second-order valence-corrected chi connectivity index (χ2v) is 5.41. The lowest BCUT2D eigenvalue weighted by Gasteiger charge is -2.08. The Morgan fingerprint density at radius 3 is 2.94 bits per heavy atom. The van der Waals surface area contributed by atoms with E-state index in [9.17, 15) is 0 Å². The molecule has 0 atom stereocenters. The highest BCUT2D eigenvalue weighted by atomic mass is 32.2. The summed E-state index contributed by atoms with van der Waals surface area (Å²) in [5, 5.41) is 0. The maximum absolute atomic E-state index is 5.76. The van der Waals surface area contributed by atoms with Gasteiger partial charge >= 0.3 is 0 Å². The van der Waals surface area contributed by atoms with Gasteiger partial charge in [-0.05, 0) is 37.1 Å². The monoisotopic (exact) mass is 261 g/mol. The van der Waals surface area contributed by atoms with Gasteiger partial charge in [-0.15, -0.1) is 11.8 Å². The first kappa shape index (κ1) is 13.0. The van der Waals surface area contributed by atoms with E-state index in [1.54, 1.807) is 0 Å². The number of hydrogen-bond acceptors (Lipinski definition) is 3. The van der Waals surface area contributed by atoms with Gasteiger partial charge in [0.25, 0.3) is 0 Å². The highest BCUT2D eigenvalue weighted by Crippen LogP contribution is 2.27. The first-order valence-corrected chi connectivity index (χ1v) is 7.17. The number of benzene rings is 1. The molecule has 2 N–H and O–H groups in total. The summed E-state index contributed by atoms with van der Waals surface area (Å²) in [5.41, 5.74) is 9.10. The van der Waals surface area contributed by atoms with Crippen LogP contribution in [0.25, 0.3) is 0 Å². The standard InChI is InChI=1S/C14H19N3S/c1-3-6-17-10-16-8-13(17)9-18-14-5-4-12(15)7-11(14)2/h4-5,7-8,10H,3,6,9,15H2,1-2H3. The van der Waals surface area contributed by atoms with Crippen LogP contribution in [-0.2, 0) is 12.3 Å². The highest BCUT2D eigenvalue weighted by molar-refractivity contribution is 7.98. The zero-order chi connectivity index (χ0) is 13.0. The second-order valence-electron chi connectivity index (χ2n) is 4.39. The molecule has 0 unspecified atom stereocenters. The number of anilines is 1. The van der Waals surface area contributed by atoms with Gasteiger partial charge in [0.1, 0.15) is 0 Å². The van der Waals surface area contributed by atoms with Crippen LogP contribution >= 0.6 is 11.8 Å². The number of rotatable bonds is 5. The fourth-order valence-electron chi connectivity index (χ4n) is 1.90. The number of nitrogens with zero attached hydrogens (tertiary/aromatic N) is 2. The number of imidazole rings is 1. The molecule has 0 aliphatic rings. The largest absolute Gasteiger partial charge is 0.399 e. The van der Waals surface area contributed by atoms with E-state index in [1.165, 1.54) is 16.2 Å². The topological polar surface area (TPSA) is 43.8 Å². The molecule has 0 amide bonds. The van der Waals surface area contributed by atoms with Crippen LogP contribution in [0, 0.1) is 6.92 Å². The third kappa shape index (κ3) is 3.07. The summed E-state index contributed by atoms with van der Waals surface area (Å²) in [5.74, 6) is 0.949. The number of aromatic nitrogens is 2. The van der Waals surface area contributed by atoms with E-state index in [1.807, 2.05) is 36.4 Å². The second kappa shape index (κ2) is 5.96. The Morgan fingerprint density at radius 2 is 2.22 bits per heavy atom. The van der Waals surface area contributed by atoms with Crippen molar-refractivity contribution in [3.63, 3.8) is 0 Å². The molecule has 2 aromatic rings. The quantitative estimate of drug-likeness (QED) is 0.662. The van der Waals surface area contributed by atoms with Crippen molar-refractivity contribution in [1.82, 2.24) is 9.55 Å². The normalized spacial score (nSPS) is 10.8. The Labute approximate surface area is 112 Å². The van der Waals surface area contributed by atoms with Crippen molar-refractivity contribution in [2.45, 2.75) is 37.5 Å². The maximum atomic E-state index is 5.76. The number of aryl methyl sites for hydroxylation is 2. The number of thioether (sulfide) groups is 1. The number of nitrogens with two attached hydrogens (primary N) is 1. The Kier molecular flexibility index (Phi) is 4.31. The van der Waals surface area contributed by atoms with E-state index in [0.29, 0.717) is 0 Å². The lowest BCUT2D eigenvalue weighted by Crippen LogP contribution is -1.99. The molecule has 0 fully saturated rings. The Bertz CT molecular complexity index is 520. The third-order valence-corrected chi connectivity index (χ3v) is 4.05. The van der Waals surface area contributed by atoms with E-state index in [4.69, 9.17) is 5.73 Å². The van der Waals surface area contributed by atoms with Gasteiger partial charge in [0.15, 0.2) is 0 Å². The van der Waals surface area contributed by atoms with E-state index in [2.05, 4.69) is 29.5 Å². The van der Waals surface area contributed by atoms with Gasteiger partial charge in [-0.3, -0.25) is 0 Å². The summed E-state index contributed by atoms with van der Waals surface area (Å²) < 4.78 is 2.22. The molecular formula is C14H19N3S. The van der Waals surface area contributed by atoms with Gasteiger partial charge in [0, 0.05) is 34.8 Å². The molecule has 18 heavy (non-hydrogen) atoms. The maximum Gasteiger partial charge on any atom is 0.0948 e. The van der Waals surface area contributed by atoms with Crippen LogP contribution in [0.1, 0.15) is 24.6 Å². The minimum absolute atomic E-state index is 0.827. The molecule has 3 nitrogen and oxygen atoms in total. The molecule has 0 spiro atoms. The average Bonchev–Trinajstić information content (AvgIpc) is 2.76. The zero-order valence-electron chi connectivity index (χ0n) is 10.9. The van der Waals surface area contributed by atoms with Gasteiger partial charge in [-0.1, -0.05) is 6.92 Å².